The Morgan fingerprint density at radius 3 is 2.33 bits per heavy atom. The van der Waals surface area contributed by atoms with Crippen molar-refractivity contribution in [2.75, 3.05) is 6.61 Å². The molecule has 3 heteroatoms. The molecule has 0 unspecified atom stereocenters. The Morgan fingerprint density at radius 1 is 0.852 bits per heavy atom. The standard InChI is InChI=1S/C24H24N2O/c1-18-14-19(2)16-21(15-18)27-13-12-26-23-11-7-6-10-22(23)25-24(26)17-20-8-4-3-5-9-20/h3-11,14-16H,12-13,17H2,1-2H3. The molecule has 1 aromatic heterocycles. The van der Waals surface area contributed by atoms with E-state index < -0.39 is 0 Å². The van der Waals surface area contributed by atoms with Crippen molar-refractivity contribution in [3.63, 3.8) is 0 Å². The topological polar surface area (TPSA) is 27.1 Å². The number of rotatable bonds is 6. The molecule has 136 valence electrons. The number of fused-ring (bicyclic) bond motifs is 1. The van der Waals surface area contributed by atoms with Crippen LogP contribution >= 0.6 is 0 Å². The van der Waals surface area contributed by atoms with Gasteiger partial charge in [-0.2, -0.15) is 0 Å². The zero-order valence-corrected chi connectivity index (χ0v) is 15.9. The summed E-state index contributed by atoms with van der Waals surface area (Å²) >= 11 is 0. The number of nitrogens with zero attached hydrogens (tertiary/aromatic N) is 2. The van der Waals surface area contributed by atoms with E-state index in [-0.39, 0.29) is 0 Å². The van der Waals surface area contributed by atoms with Crippen LogP contribution in [-0.4, -0.2) is 16.2 Å². The highest BCUT2D eigenvalue weighted by atomic mass is 16.5. The van der Waals surface area contributed by atoms with Crippen molar-refractivity contribution in [3.05, 3.63) is 95.3 Å². The summed E-state index contributed by atoms with van der Waals surface area (Å²) in [5.41, 5.74) is 5.91. The van der Waals surface area contributed by atoms with Crippen molar-refractivity contribution < 1.29 is 4.74 Å². The van der Waals surface area contributed by atoms with Gasteiger partial charge >= 0.3 is 0 Å². The summed E-state index contributed by atoms with van der Waals surface area (Å²) in [4.78, 5) is 4.87. The molecule has 0 spiro atoms. The quantitative estimate of drug-likeness (QED) is 0.467. The van der Waals surface area contributed by atoms with Gasteiger partial charge in [0.05, 0.1) is 17.6 Å². The molecule has 1 heterocycles. The lowest BCUT2D eigenvalue weighted by molar-refractivity contribution is 0.298. The van der Waals surface area contributed by atoms with E-state index in [0.29, 0.717) is 6.61 Å². The summed E-state index contributed by atoms with van der Waals surface area (Å²) in [5.74, 6) is 2.01. The van der Waals surface area contributed by atoms with Gasteiger partial charge in [0.2, 0.25) is 0 Å². The highest BCUT2D eigenvalue weighted by molar-refractivity contribution is 5.76. The summed E-state index contributed by atoms with van der Waals surface area (Å²) < 4.78 is 8.33. The highest BCUT2D eigenvalue weighted by Crippen LogP contribution is 2.20. The number of hydrogen-bond donors (Lipinski definition) is 0. The molecule has 0 N–H and O–H groups in total. The minimum absolute atomic E-state index is 0.616. The Bertz CT molecular complexity index is 1030. The molecule has 0 radical (unpaired) electrons. The maximum Gasteiger partial charge on any atom is 0.119 e. The van der Waals surface area contributed by atoms with E-state index in [4.69, 9.17) is 9.72 Å². The summed E-state index contributed by atoms with van der Waals surface area (Å²) in [6.07, 6.45) is 0.819. The van der Waals surface area contributed by atoms with Crippen molar-refractivity contribution >= 4 is 11.0 Å². The van der Waals surface area contributed by atoms with Gasteiger partial charge in [0.1, 0.15) is 18.2 Å². The summed E-state index contributed by atoms with van der Waals surface area (Å²) in [6.45, 7) is 5.59. The molecule has 27 heavy (non-hydrogen) atoms. The van der Waals surface area contributed by atoms with Crippen LogP contribution in [0.1, 0.15) is 22.5 Å². The molecule has 4 rings (SSSR count). The summed E-state index contributed by atoms with van der Waals surface area (Å²) in [7, 11) is 0. The summed E-state index contributed by atoms with van der Waals surface area (Å²) in [5, 5.41) is 0. The van der Waals surface area contributed by atoms with Crippen LogP contribution in [0.2, 0.25) is 0 Å². The zero-order valence-electron chi connectivity index (χ0n) is 15.9. The highest BCUT2D eigenvalue weighted by Gasteiger charge is 2.11. The van der Waals surface area contributed by atoms with Crippen LogP contribution < -0.4 is 4.74 Å². The lowest BCUT2D eigenvalue weighted by atomic mass is 10.1. The van der Waals surface area contributed by atoms with Gasteiger partial charge in [0.15, 0.2) is 0 Å². The minimum Gasteiger partial charge on any atom is -0.492 e. The Morgan fingerprint density at radius 2 is 1.56 bits per heavy atom. The first-order chi connectivity index (χ1) is 13.2. The first-order valence-electron chi connectivity index (χ1n) is 9.38. The molecule has 0 saturated carbocycles. The molecular weight excluding hydrogens is 332 g/mol. The van der Waals surface area contributed by atoms with Crippen molar-refractivity contribution in [1.29, 1.82) is 0 Å². The second-order valence-electron chi connectivity index (χ2n) is 7.00. The van der Waals surface area contributed by atoms with Crippen LogP contribution in [0.4, 0.5) is 0 Å². The van der Waals surface area contributed by atoms with Crippen molar-refractivity contribution in [1.82, 2.24) is 9.55 Å². The molecule has 3 aromatic carbocycles. The lowest BCUT2D eigenvalue weighted by Gasteiger charge is -2.12. The van der Waals surface area contributed by atoms with Crippen molar-refractivity contribution in [2.24, 2.45) is 0 Å². The average Bonchev–Trinajstić information content (AvgIpc) is 2.99. The molecule has 0 aliphatic heterocycles. The Hall–Kier alpha value is -3.07. The Balaban J connectivity index is 1.57. The number of hydrogen-bond acceptors (Lipinski definition) is 2. The third kappa shape index (κ3) is 4.03. The van der Waals surface area contributed by atoms with Gasteiger partial charge in [-0.25, -0.2) is 4.98 Å². The number of ether oxygens (including phenoxy) is 1. The second kappa shape index (κ2) is 7.67. The van der Waals surface area contributed by atoms with Gasteiger partial charge in [-0.05, 0) is 54.8 Å². The first kappa shape index (κ1) is 17.3. The van der Waals surface area contributed by atoms with E-state index in [1.807, 2.05) is 12.1 Å². The Labute approximate surface area is 160 Å². The minimum atomic E-state index is 0.616. The zero-order chi connectivity index (χ0) is 18.6. The number of imidazole rings is 1. The molecule has 0 aliphatic carbocycles. The Kier molecular flexibility index (Phi) is 4.93. The van der Waals surface area contributed by atoms with E-state index in [2.05, 4.69) is 79.1 Å². The maximum absolute atomic E-state index is 6.05. The van der Waals surface area contributed by atoms with Gasteiger partial charge in [-0.3, -0.25) is 0 Å². The van der Waals surface area contributed by atoms with Crippen molar-refractivity contribution in [3.8, 4) is 5.75 Å². The average molecular weight is 356 g/mol. The molecule has 3 nitrogen and oxygen atoms in total. The molecule has 0 aliphatic rings. The van der Waals surface area contributed by atoms with Crippen LogP contribution in [-0.2, 0) is 13.0 Å². The fourth-order valence-electron chi connectivity index (χ4n) is 3.56. The van der Waals surface area contributed by atoms with Crippen LogP contribution in [0.15, 0.2) is 72.8 Å². The number of aromatic nitrogens is 2. The van der Waals surface area contributed by atoms with Crippen molar-refractivity contribution in [2.45, 2.75) is 26.8 Å². The van der Waals surface area contributed by atoms with E-state index in [0.717, 1.165) is 35.6 Å². The number of para-hydroxylation sites is 2. The summed E-state index contributed by atoms with van der Waals surface area (Å²) in [6, 6.07) is 25.1. The molecule has 0 fully saturated rings. The fraction of sp³-hybridized carbons (Fsp3) is 0.208. The van der Waals surface area contributed by atoms with Gasteiger partial charge in [-0.15, -0.1) is 0 Å². The molecule has 0 bridgehead atoms. The second-order valence-corrected chi connectivity index (χ2v) is 7.00. The monoisotopic (exact) mass is 356 g/mol. The first-order valence-corrected chi connectivity index (χ1v) is 9.38. The molecule has 0 saturated heterocycles. The normalized spacial score (nSPS) is 11.0. The maximum atomic E-state index is 6.05. The molecule has 0 amide bonds. The van der Waals surface area contributed by atoms with E-state index in [1.54, 1.807) is 0 Å². The van der Waals surface area contributed by atoms with Gasteiger partial charge < -0.3 is 9.30 Å². The third-order valence-electron chi connectivity index (χ3n) is 4.72. The van der Waals surface area contributed by atoms with Gasteiger partial charge in [0, 0.05) is 6.42 Å². The van der Waals surface area contributed by atoms with E-state index in [1.165, 1.54) is 16.7 Å². The SMILES string of the molecule is Cc1cc(C)cc(OCCn2c(Cc3ccccc3)nc3ccccc32)c1. The van der Waals surface area contributed by atoms with Crippen LogP contribution in [0, 0.1) is 13.8 Å². The molecule has 0 atom stereocenters. The number of aryl methyl sites for hydroxylation is 2. The van der Waals surface area contributed by atoms with E-state index in [9.17, 15) is 0 Å². The van der Waals surface area contributed by atoms with Crippen LogP contribution in [0.3, 0.4) is 0 Å². The third-order valence-corrected chi connectivity index (χ3v) is 4.72. The van der Waals surface area contributed by atoms with Gasteiger partial charge in [0.25, 0.3) is 0 Å². The van der Waals surface area contributed by atoms with Gasteiger partial charge in [-0.1, -0.05) is 48.5 Å². The predicted molar refractivity (Wildman–Crippen MR) is 110 cm³/mol. The van der Waals surface area contributed by atoms with Crippen LogP contribution in [0.5, 0.6) is 5.75 Å². The molecular formula is C24H24N2O. The van der Waals surface area contributed by atoms with Crippen LogP contribution in [0.25, 0.3) is 11.0 Å². The molecule has 4 aromatic rings. The smallest absolute Gasteiger partial charge is 0.119 e. The van der Waals surface area contributed by atoms with E-state index >= 15 is 0 Å². The largest absolute Gasteiger partial charge is 0.492 e. The lowest BCUT2D eigenvalue weighted by Crippen LogP contribution is -2.11. The fourth-order valence-corrected chi connectivity index (χ4v) is 3.56. The number of benzene rings is 3. The predicted octanol–water partition coefficient (Wildman–Crippen LogP) is 5.32.